The maximum Gasteiger partial charge on any atom is 0.294 e. The van der Waals surface area contributed by atoms with Gasteiger partial charge in [-0.2, -0.15) is 8.42 Å². The quantitative estimate of drug-likeness (QED) is 0.721. The average molecular weight is 394 g/mol. The number of piperidine rings is 1. The molecule has 1 aromatic heterocycles. The Morgan fingerprint density at radius 2 is 1.96 bits per heavy atom. The van der Waals surface area contributed by atoms with E-state index in [2.05, 4.69) is 13.8 Å². The van der Waals surface area contributed by atoms with Gasteiger partial charge in [-0.3, -0.25) is 4.55 Å². The normalized spacial score (nSPS) is 24.2. The summed E-state index contributed by atoms with van der Waals surface area (Å²) in [6, 6.07) is 11.6. The van der Waals surface area contributed by atoms with Crippen LogP contribution >= 0.6 is 11.3 Å². The van der Waals surface area contributed by atoms with Gasteiger partial charge in [0.15, 0.2) is 0 Å². The van der Waals surface area contributed by atoms with E-state index in [1.165, 1.54) is 11.3 Å². The lowest BCUT2D eigenvalue weighted by Crippen LogP contribution is -2.56. The molecule has 2 atom stereocenters. The summed E-state index contributed by atoms with van der Waals surface area (Å²) in [5.41, 5.74) is 1.96. The summed E-state index contributed by atoms with van der Waals surface area (Å²) >= 11 is 1.40. The number of anilines is 1. The van der Waals surface area contributed by atoms with Crippen molar-refractivity contribution in [1.29, 1.82) is 0 Å². The summed E-state index contributed by atoms with van der Waals surface area (Å²) < 4.78 is 36.1. The van der Waals surface area contributed by atoms with E-state index in [0.717, 1.165) is 24.1 Å². The Labute approximate surface area is 160 Å². The highest BCUT2D eigenvalue weighted by Gasteiger charge is 2.54. The molecule has 142 valence electrons. The van der Waals surface area contributed by atoms with Gasteiger partial charge in [0.05, 0.1) is 0 Å². The van der Waals surface area contributed by atoms with Gasteiger partial charge in [0, 0.05) is 17.1 Å². The Hall–Kier alpha value is -1.37. The highest BCUT2D eigenvalue weighted by molar-refractivity contribution is 7.87. The van der Waals surface area contributed by atoms with E-state index >= 15 is 0 Å². The second-order valence-electron chi connectivity index (χ2n) is 7.71. The van der Waals surface area contributed by atoms with E-state index in [-0.39, 0.29) is 5.92 Å². The van der Waals surface area contributed by atoms with Crippen molar-refractivity contribution in [3.8, 4) is 0 Å². The summed E-state index contributed by atoms with van der Waals surface area (Å²) in [6.45, 7) is 6.94. The summed E-state index contributed by atoms with van der Waals surface area (Å²) in [7, 11) is -4.35. The highest BCUT2D eigenvalue weighted by atomic mass is 32.2. The first kappa shape index (κ1) is 19.4. The van der Waals surface area contributed by atoms with Gasteiger partial charge in [-0.1, -0.05) is 37.6 Å². The molecule has 0 aliphatic carbocycles. The van der Waals surface area contributed by atoms with Crippen LogP contribution in [0.2, 0.25) is 0 Å². The minimum atomic E-state index is -4.35. The third kappa shape index (κ3) is 3.55. The number of nitrogens with zero attached hydrogens (tertiary/aromatic N) is 1. The van der Waals surface area contributed by atoms with E-state index in [0.29, 0.717) is 23.8 Å². The maximum absolute atomic E-state index is 12.8. The van der Waals surface area contributed by atoms with E-state index in [1.807, 2.05) is 53.6 Å². The lowest BCUT2D eigenvalue weighted by atomic mass is 9.83. The zero-order chi connectivity index (χ0) is 18.9. The first-order chi connectivity index (χ1) is 12.2. The molecule has 4 nitrogen and oxygen atoms in total. The van der Waals surface area contributed by atoms with Crippen molar-refractivity contribution in [3.63, 3.8) is 0 Å². The minimum absolute atomic E-state index is 0.265. The zero-order valence-corrected chi connectivity index (χ0v) is 17.2. The molecule has 2 heterocycles. The second kappa shape index (κ2) is 7.33. The number of thiophene rings is 1. The molecule has 0 radical (unpaired) electrons. The fourth-order valence-corrected chi connectivity index (χ4v) is 6.67. The van der Waals surface area contributed by atoms with Crippen LogP contribution in [-0.2, 0) is 15.0 Å². The van der Waals surface area contributed by atoms with Crippen LogP contribution in [0.4, 0.5) is 5.69 Å². The van der Waals surface area contributed by atoms with Gasteiger partial charge in [0.25, 0.3) is 10.1 Å². The smallest absolute Gasteiger partial charge is 0.294 e. The predicted molar refractivity (Wildman–Crippen MR) is 108 cm³/mol. The van der Waals surface area contributed by atoms with E-state index in [4.69, 9.17) is 0 Å². The second-order valence-corrected chi connectivity index (χ2v) is 10.3. The van der Waals surface area contributed by atoms with E-state index in [1.54, 1.807) is 0 Å². The number of benzene rings is 1. The number of hydrogen-bond donors (Lipinski definition) is 1. The molecule has 6 heteroatoms. The van der Waals surface area contributed by atoms with Gasteiger partial charge in [-0.25, -0.2) is 0 Å². The Morgan fingerprint density at radius 1 is 1.27 bits per heavy atom. The topological polar surface area (TPSA) is 57.6 Å². The third-order valence-corrected chi connectivity index (χ3v) is 7.86. The van der Waals surface area contributed by atoms with Crippen molar-refractivity contribution in [2.45, 2.75) is 44.9 Å². The Bertz CT molecular complexity index is 828. The van der Waals surface area contributed by atoms with Crippen LogP contribution < -0.4 is 4.90 Å². The largest absolute Gasteiger partial charge is 0.346 e. The molecule has 1 aromatic carbocycles. The van der Waals surface area contributed by atoms with Gasteiger partial charge in [0.2, 0.25) is 4.87 Å². The van der Waals surface area contributed by atoms with Crippen molar-refractivity contribution < 1.29 is 13.0 Å². The lowest BCUT2D eigenvalue weighted by molar-refractivity contribution is 0.259. The molecule has 1 N–H and O–H groups in total. The molecule has 1 fully saturated rings. The van der Waals surface area contributed by atoms with Gasteiger partial charge in [-0.05, 0) is 61.6 Å². The van der Waals surface area contributed by atoms with Gasteiger partial charge < -0.3 is 4.90 Å². The first-order valence-corrected chi connectivity index (χ1v) is 11.4. The maximum atomic E-state index is 12.8. The molecule has 3 rings (SSSR count). The molecule has 1 aliphatic rings. The molecule has 0 amide bonds. The van der Waals surface area contributed by atoms with Crippen LogP contribution in [0.1, 0.15) is 43.6 Å². The molecule has 2 aromatic rings. The Balaban J connectivity index is 2.14. The fraction of sp³-hybridized carbons (Fsp3) is 0.500. The van der Waals surface area contributed by atoms with Gasteiger partial charge >= 0.3 is 0 Å². The molecule has 2 unspecified atom stereocenters. The van der Waals surface area contributed by atoms with E-state index < -0.39 is 15.0 Å². The Morgan fingerprint density at radius 3 is 2.50 bits per heavy atom. The fourth-order valence-electron chi connectivity index (χ4n) is 4.13. The van der Waals surface area contributed by atoms with Crippen molar-refractivity contribution in [1.82, 2.24) is 0 Å². The highest BCUT2D eigenvalue weighted by Crippen LogP contribution is 2.48. The van der Waals surface area contributed by atoms with Crippen LogP contribution in [0.15, 0.2) is 41.8 Å². The lowest BCUT2D eigenvalue weighted by Gasteiger charge is -2.48. The average Bonchev–Trinajstić information content (AvgIpc) is 3.09. The molecule has 26 heavy (non-hydrogen) atoms. The predicted octanol–water partition coefficient (Wildman–Crippen LogP) is 5.06. The standard InChI is InChI=1S/C20H27NO3S2/c1-15(2)13-17-10-11-21(18-8-6-16(3)7-9-18)20(14-17,26(22,23)24)19-5-4-12-25-19/h4-9,12,15,17H,10-11,13-14H2,1-3H3,(H,22,23,24). The summed E-state index contributed by atoms with van der Waals surface area (Å²) in [4.78, 5) is 1.17. The van der Waals surface area contributed by atoms with Crippen molar-refractivity contribution >= 4 is 27.1 Å². The first-order valence-electron chi connectivity index (χ1n) is 9.09. The molecule has 1 aliphatic heterocycles. The summed E-state index contributed by atoms with van der Waals surface area (Å²) in [6.07, 6.45) is 2.30. The van der Waals surface area contributed by atoms with Crippen LogP contribution in [0.5, 0.6) is 0 Å². The van der Waals surface area contributed by atoms with Crippen LogP contribution in [-0.4, -0.2) is 19.5 Å². The number of rotatable bonds is 5. The number of hydrogen-bond acceptors (Lipinski definition) is 4. The minimum Gasteiger partial charge on any atom is -0.346 e. The molecule has 0 saturated carbocycles. The molecule has 1 saturated heterocycles. The molecule has 0 spiro atoms. The SMILES string of the molecule is Cc1ccc(N2CCC(CC(C)C)CC2(c2cccs2)S(=O)(=O)O)cc1. The van der Waals surface area contributed by atoms with E-state index in [9.17, 15) is 13.0 Å². The van der Waals surface area contributed by atoms with Crippen molar-refractivity contribution in [2.24, 2.45) is 11.8 Å². The van der Waals surface area contributed by atoms with Crippen LogP contribution in [0.25, 0.3) is 0 Å². The number of aryl methyl sites for hydroxylation is 1. The monoisotopic (exact) mass is 393 g/mol. The van der Waals surface area contributed by atoms with Gasteiger partial charge in [0.1, 0.15) is 0 Å². The van der Waals surface area contributed by atoms with Gasteiger partial charge in [-0.15, -0.1) is 11.3 Å². The van der Waals surface area contributed by atoms with Crippen molar-refractivity contribution in [2.75, 3.05) is 11.4 Å². The van der Waals surface area contributed by atoms with Crippen LogP contribution in [0, 0.1) is 18.8 Å². The third-order valence-electron chi connectivity index (χ3n) is 5.25. The van der Waals surface area contributed by atoms with Crippen LogP contribution in [0.3, 0.4) is 0 Å². The summed E-state index contributed by atoms with van der Waals surface area (Å²) in [5.74, 6) is 0.758. The molecular weight excluding hydrogens is 366 g/mol. The summed E-state index contributed by atoms with van der Waals surface area (Å²) in [5, 5.41) is 1.88. The zero-order valence-electron chi connectivity index (χ0n) is 15.6. The van der Waals surface area contributed by atoms with Crippen molar-refractivity contribution in [3.05, 3.63) is 52.2 Å². The Kier molecular flexibility index (Phi) is 5.47. The molecule has 0 bridgehead atoms. The molecular formula is C20H27NO3S2.